The van der Waals surface area contributed by atoms with Crippen LogP contribution in [0.15, 0.2) is 43.2 Å². The summed E-state index contributed by atoms with van der Waals surface area (Å²) < 4.78 is 26.4. The average molecular weight is 420 g/mol. The number of benzene rings is 1. The number of nitrogens with zero attached hydrogens (tertiary/aromatic N) is 3. The molecule has 2 unspecified atom stereocenters. The number of methoxy groups -OCH3 is 2. The molecule has 2 heterocycles. The van der Waals surface area contributed by atoms with Crippen LogP contribution in [0, 0.1) is 11.3 Å². The molecular formula is C24H25FN4O2. The van der Waals surface area contributed by atoms with E-state index < -0.39 is 11.6 Å². The van der Waals surface area contributed by atoms with Crippen LogP contribution in [0.2, 0.25) is 0 Å². The second-order valence-corrected chi connectivity index (χ2v) is 8.28. The molecule has 3 aromatic rings. The molecule has 1 fully saturated rings. The number of hydrogen-bond acceptors (Lipinski definition) is 5. The predicted octanol–water partition coefficient (Wildman–Crippen LogP) is 4.49. The number of aromatic nitrogens is 2. The van der Waals surface area contributed by atoms with Gasteiger partial charge >= 0.3 is 0 Å². The average Bonchev–Trinajstić information content (AvgIpc) is 3.29. The van der Waals surface area contributed by atoms with Crippen molar-refractivity contribution in [1.29, 1.82) is 5.26 Å². The lowest BCUT2D eigenvalue weighted by Crippen LogP contribution is -2.17. The minimum Gasteiger partial charge on any atom is -0.496 e. The summed E-state index contributed by atoms with van der Waals surface area (Å²) in [5, 5.41) is 17.0. The van der Waals surface area contributed by atoms with Crippen LogP contribution in [0.1, 0.15) is 31.4 Å². The number of fused-ring (bicyclic) bond motifs is 1. The third kappa shape index (κ3) is 3.70. The highest BCUT2D eigenvalue weighted by atomic mass is 19.1. The summed E-state index contributed by atoms with van der Waals surface area (Å²) in [6.07, 6.45) is 3.29. The van der Waals surface area contributed by atoms with E-state index in [0.717, 1.165) is 22.2 Å². The Morgan fingerprint density at radius 2 is 1.94 bits per heavy atom. The van der Waals surface area contributed by atoms with Crippen LogP contribution in [-0.4, -0.2) is 36.0 Å². The fourth-order valence-electron chi connectivity index (χ4n) is 3.62. The van der Waals surface area contributed by atoms with Crippen molar-refractivity contribution in [3.8, 4) is 28.7 Å². The van der Waals surface area contributed by atoms with Gasteiger partial charge in [-0.15, -0.1) is 0 Å². The molecule has 1 saturated carbocycles. The monoisotopic (exact) mass is 420 g/mol. The highest BCUT2D eigenvalue weighted by Crippen LogP contribution is 2.40. The Kier molecular flexibility index (Phi) is 5.10. The third-order valence-electron chi connectivity index (χ3n) is 5.71. The number of halogens is 1. The van der Waals surface area contributed by atoms with Crippen molar-refractivity contribution < 1.29 is 13.9 Å². The maximum atomic E-state index is 13.3. The van der Waals surface area contributed by atoms with Gasteiger partial charge in [0.15, 0.2) is 0 Å². The van der Waals surface area contributed by atoms with Crippen molar-refractivity contribution in [2.75, 3.05) is 14.2 Å². The van der Waals surface area contributed by atoms with Crippen LogP contribution >= 0.6 is 0 Å². The van der Waals surface area contributed by atoms with E-state index in [2.05, 4.69) is 23.1 Å². The van der Waals surface area contributed by atoms with E-state index in [1.807, 2.05) is 44.3 Å². The first-order valence-electron chi connectivity index (χ1n) is 10.0. The molecule has 0 amide bonds. The van der Waals surface area contributed by atoms with Gasteiger partial charge in [0.1, 0.15) is 17.7 Å². The van der Waals surface area contributed by atoms with Gasteiger partial charge in [-0.1, -0.05) is 12.6 Å². The van der Waals surface area contributed by atoms with Crippen LogP contribution < -0.4 is 14.8 Å². The summed E-state index contributed by atoms with van der Waals surface area (Å²) >= 11 is 0. The normalized spacial score (nSPS) is 17.8. The van der Waals surface area contributed by atoms with E-state index in [1.165, 1.54) is 0 Å². The van der Waals surface area contributed by atoms with E-state index in [9.17, 15) is 9.65 Å². The molecule has 0 spiro atoms. The molecule has 0 aliphatic heterocycles. The zero-order valence-electron chi connectivity index (χ0n) is 18.1. The lowest BCUT2D eigenvalue weighted by molar-refractivity contribution is 0.391. The second kappa shape index (κ2) is 7.62. The molecule has 31 heavy (non-hydrogen) atoms. The van der Waals surface area contributed by atoms with Gasteiger partial charge in [-0.05, 0) is 43.2 Å². The topological polar surface area (TPSA) is 71.6 Å². The predicted molar refractivity (Wildman–Crippen MR) is 118 cm³/mol. The molecule has 1 aliphatic rings. The second-order valence-electron chi connectivity index (χ2n) is 8.28. The van der Waals surface area contributed by atoms with Gasteiger partial charge in [-0.25, -0.2) is 8.91 Å². The molecule has 0 bridgehead atoms. The zero-order chi connectivity index (χ0) is 22.3. The van der Waals surface area contributed by atoms with Crippen molar-refractivity contribution in [1.82, 2.24) is 14.9 Å². The summed E-state index contributed by atoms with van der Waals surface area (Å²) in [7, 11) is 3.16. The smallest absolute Gasteiger partial charge is 0.132 e. The number of nitrogens with one attached hydrogen (secondary N) is 1. The van der Waals surface area contributed by atoms with E-state index >= 15 is 0 Å². The van der Waals surface area contributed by atoms with Crippen molar-refractivity contribution in [3.05, 3.63) is 54.4 Å². The van der Waals surface area contributed by atoms with Gasteiger partial charge in [-0.3, -0.25) is 0 Å². The van der Waals surface area contributed by atoms with Crippen LogP contribution in [0.3, 0.4) is 0 Å². The van der Waals surface area contributed by atoms with Crippen LogP contribution in [0.4, 0.5) is 4.39 Å². The van der Waals surface area contributed by atoms with E-state index in [-0.39, 0.29) is 6.04 Å². The Morgan fingerprint density at radius 1 is 1.29 bits per heavy atom. The maximum absolute atomic E-state index is 13.3. The highest BCUT2D eigenvalue weighted by molar-refractivity contribution is 5.85. The van der Waals surface area contributed by atoms with Crippen molar-refractivity contribution in [2.45, 2.75) is 37.9 Å². The van der Waals surface area contributed by atoms with Gasteiger partial charge < -0.3 is 14.8 Å². The first kappa shape index (κ1) is 20.7. The SMILES string of the molecule is C=C(NC1CC1F)c1c(OC)cc(-c2cnn3cc(C(C)(C)C#N)ccc23)cc1OC. The Morgan fingerprint density at radius 3 is 2.48 bits per heavy atom. The van der Waals surface area contributed by atoms with E-state index in [1.54, 1.807) is 24.9 Å². The van der Waals surface area contributed by atoms with E-state index in [0.29, 0.717) is 29.2 Å². The number of nitriles is 1. The Labute approximate surface area is 180 Å². The van der Waals surface area contributed by atoms with Crippen molar-refractivity contribution >= 4 is 11.2 Å². The Bertz CT molecular complexity index is 1180. The summed E-state index contributed by atoms with van der Waals surface area (Å²) in [4.78, 5) is 0. The summed E-state index contributed by atoms with van der Waals surface area (Å²) in [6, 6.07) is 9.80. The molecule has 6 nitrogen and oxygen atoms in total. The molecule has 1 aliphatic carbocycles. The largest absolute Gasteiger partial charge is 0.496 e. The lowest BCUT2D eigenvalue weighted by atomic mass is 9.87. The third-order valence-corrected chi connectivity index (χ3v) is 5.71. The van der Waals surface area contributed by atoms with E-state index in [4.69, 9.17) is 9.47 Å². The van der Waals surface area contributed by atoms with Crippen LogP contribution in [0.25, 0.3) is 22.3 Å². The van der Waals surface area contributed by atoms with Crippen molar-refractivity contribution in [2.24, 2.45) is 0 Å². The minimum atomic E-state index is -0.845. The fraction of sp³-hybridized carbons (Fsp3) is 0.333. The maximum Gasteiger partial charge on any atom is 0.132 e. The Balaban J connectivity index is 1.77. The number of hydrogen-bond donors (Lipinski definition) is 1. The first-order valence-corrected chi connectivity index (χ1v) is 10.0. The molecule has 0 radical (unpaired) electrons. The van der Waals surface area contributed by atoms with Gasteiger partial charge in [-0.2, -0.15) is 10.4 Å². The molecule has 160 valence electrons. The van der Waals surface area contributed by atoms with Crippen molar-refractivity contribution in [3.63, 3.8) is 0 Å². The molecule has 1 N–H and O–H groups in total. The van der Waals surface area contributed by atoms with Gasteiger partial charge in [0.05, 0.1) is 49.0 Å². The number of alkyl halides is 1. The van der Waals surface area contributed by atoms with Gasteiger partial charge in [0, 0.05) is 23.9 Å². The molecule has 4 rings (SSSR count). The van der Waals surface area contributed by atoms with Crippen LogP contribution in [-0.2, 0) is 5.41 Å². The summed E-state index contributed by atoms with van der Waals surface area (Å²) in [5.74, 6) is 1.15. The standard InChI is InChI=1S/C24H25FN4O2/c1-14(28-19-10-18(19)25)23-21(30-4)8-15(9-22(23)31-5)17-11-27-29-12-16(6-7-20(17)29)24(2,3)13-26/h6-9,11-12,18-19,28H,1,10H2,2-5H3. The quantitative estimate of drug-likeness (QED) is 0.610. The molecule has 1 aromatic carbocycles. The lowest BCUT2D eigenvalue weighted by Gasteiger charge is -2.18. The first-order chi connectivity index (χ1) is 14.8. The number of ether oxygens (including phenoxy) is 2. The summed E-state index contributed by atoms with van der Waals surface area (Å²) in [6.45, 7) is 7.81. The molecule has 0 saturated heterocycles. The molecule has 2 aromatic heterocycles. The molecule has 7 heteroatoms. The fourth-order valence-corrected chi connectivity index (χ4v) is 3.62. The van der Waals surface area contributed by atoms with Crippen LogP contribution in [0.5, 0.6) is 11.5 Å². The molecular weight excluding hydrogens is 395 g/mol. The summed E-state index contributed by atoms with van der Waals surface area (Å²) in [5.41, 5.74) is 4.16. The Hall–Kier alpha value is -3.53. The number of rotatable bonds is 7. The number of pyridine rings is 1. The zero-order valence-corrected chi connectivity index (χ0v) is 18.1. The van der Waals surface area contributed by atoms with Gasteiger partial charge in [0.25, 0.3) is 0 Å². The highest BCUT2D eigenvalue weighted by Gasteiger charge is 2.38. The molecule has 2 atom stereocenters. The minimum absolute atomic E-state index is 0.215. The van der Waals surface area contributed by atoms with Gasteiger partial charge in [0.2, 0.25) is 0 Å².